The highest BCUT2D eigenvalue weighted by atomic mass is 16.3. The summed E-state index contributed by atoms with van der Waals surface area (Å²) in [6, 6.07) is 65.6. The molecule has 1 aromatic heterocycles. The zero-order valence-corrected chi connectivity index (χ0v) is 31.5. The van der Waals surface area contributed by atoms with Gasteiger partial charge in [0.1, 0.15) is 11.2 Å². The highest BCUT2D eigenvalue weighted by Gasteiger charge is 2.90. The highest BCUT2D eigenvalue weighted by molar-refractivity contribution is 6.10. The Morgan fingerprint density at radius 3 is 1.95 bits per heavy atom. The molecule has 0 radical (unpaired) electrons. The quantitative estimate of drug-likeness (QED) is 0.175. The summed E-state index contributed by atoms with van der Waals surface area (Å²) in [5.41, 5.74) is 17.1. The number of fused-ring (bicyclic) bond motifs is 11. The molecule has 4 saturated carbocycles. The largest absolute Gasteiger partial charge is 0.456 e. The second kappa shape index (κ2) is 10.7. The van der Waals surface area contributed by atoms with E-state index in [1.54, 1.807) is 11.1 Å². The van der Waals surface area contributed by atoms with E-state index in [4.69, 9.17) is 4.42 Å². The smallest absolute Gasteiger partial charge is 0.135 e. The van der Waals surface area contributed by atoms with Crippen molar-refractivity contribution in [1.82, 2.24) is 0 Å². The minimum absolute atomic E-state index is 0.130. The molecule has 2 heteroatoms. The molecular weight excluding hydrogens is 691 g/mol. The number of nitrogens with zero attached hydrogens (tertiary/aromatic N) is 1. The molecule has 4 unspecified atom stereocenters. The zero-order chi connectivity index (χ0) is 37.0. The van der Waals surface area contributed by atoms with Crippen molar-refractivity contribution in [3.05, 3.63) is 187 Å². The predicted octanol–water partition coefficient (Wildman–Crippen LogP) is 14.5. The third-order valence-electron chi connectivity index (χ3n) is 15.7. The van der Waals surface area contributed by atoms with Gasteiger partial charge in [-0.3, -0.25) is 0 Å². The molecule has 4 atom stereocenters. The number of hydrogen-bond acceptors (Lipinski definition) is 2. The molecule has 9 aromatic rings. The number of hydrogen-bond donors (Lipinski definition) is 0. The number of benzene rings is 8. The van der Waals surface area contributed by atoms with Crippen LogP contribution in [0.15, 0.2) is 180 Å². The first-order valence-electron chi connectivity index (χ1n) is 20.9. The first-order valence-corrected chi connectivity index (χ1v) is 20.9. The lowest BCUT2D eigenvalue weighted by Crippen LogP contribution is -2.88. The monoisotopic (exact) mass is 729 g/mol. The van der Waals surface area contributed by atoms with E-state index in [0.717, 1.165) is 51.3 Å². The van der Waals surface area contributed by atoms with Crippen LogP contribution in [0.25, 0.3) is 66.1 Å². The molecule has 0 N–H and O–H groups in total. The molecule has 1 heterocycles. The highest BCUT2D eigenvalue weighted by Crippen LogP contribution is 2.94. The number of anilines is 3. The van der Waals surface area contributed by atoms with Crippen molar-refractivity contribution >= 4 is 49.8 Å². The van der Waals surface area contributed by atoms with Crippen molar-refractivity contribution in [2.24, 2.45) is 29.1 Å². The van der Waals surface area contributed by atoms with E-state index >= 15 is 0 Å². The van der Waals surface area contributed by atoms with Gasteiger partial charge in [0.2, 0.25) is 0 Å². The predicted molar refractivity (Wildman–Crippen MR) is 233 cm³/mol. The molecular formula is C55H39NO. The van der Waals surface area contributed by atoms with Gasteiger partial charge in [-0.15, -0.1) is 0 Å². The molecule has 5 aliphatic rings. The lowest BCUT2D eigenvalue weighted by atomic mass is 9.11. The SMILES string of the molecule is c1ccc(-c2cccc3cccc(-c4ccccc4N(c4ccc5c(c4)C4(c6ccccc6-5)C5CC6CC7CC4C675)c4ccc5oc6ccccc6c5c4)c23)cc1. The Bertz CT molecular complexity index is 3140. The summed E-state index contributed by atoms with van der Waals surface area (Å²) in [4.78, 5) is 2.54. The van der Waals surface area contributed by atoms with Gasteiger partial charge in [0.15, 0.2) is 0 Å². The summed E-state index contributed by atoms with van der Waals surface area (Å²) in [5.74, 6) is 3.48. The van der Waals surface area contributed by atoms with Gasteiger partial charge in [-0.1, -0.05) is 133 Å². The van der Waals surface area contributed by atoms with Gasteiger partial charge in [0, 0.05) is 33.1 Å². The number of rotatable bonds is 5. The fourth-order valence-electron chi connectivity index (χ4n) is 13.7. The van der Waals surface area contributed by atoms with Crippen molar-refractivity contribution in [2.45, 2.75) is 24.7 Å². The summed E-state index contributed by atoms with van der Waals surface area (Å²) in [6.45, 7) is 0. The van der Waals surface area contributed by atoms with E-state index in [2.05, 4.69) is 181 Å². The molecule has 0 saturated heterocycles. The van der Waals surface area contributed by atoms with Gasteiger partial charge < -0.3 is 9.32 Å². The van der Waals surface area contributed by atoms with Crippen LogP contribution in [0.5, 0.6) is 0 Å². The Balaban J connectivity index is 1.02. The van der Waals surface area contributed by atoms with Crippen molar-refractivity contribution in [1.29, 1.82) is 0 Å². The normalized spacial score (nSPS) is 25.5. The molecule has 14 rings (SSSR count). The maximum Gasteiger partial charge on any atom is 0.135 e. The molecule has 5 aliphatic carbocycles. The molecule has 57 heavy (non-hydrogen) atoms. The molecule has 2 spiro atoms. The fourth-order valence-corrected chi connectivity index (χ4v) is 13.7. The average molecular weight is 730 g/mol. The Kier molecular flexibility index (Phi) is 5.79. The average Bonchev–Trinajstić information content (AvgIpc) is 3.76. The maximum absolute atomic E-state index is 6.39. The third kappa shape index (κ3) is 3.61. The van der Waals surface area contributed by atoms with Gasteiger partial charge >= 0.3 is 0 Å². The van der Waals surface area contributed by atoms with Crippen LogP contribution in [0, 0.1) is 29.1 Å². The molecule has 0 bridgehead atoms. The summed E-state index contributed by atoms with van der Waals surface area (Å²) in [6.07, 6.45) is 4.27. The van der Waals surface area contributed by atoms with E-state index in [1.165, 1.54) is 74.8 Å². The molecule has 2 nitrogen and oxygen atoms in total. The van der Waals surface area contributed by atoms with Gasteiger partial charge in [0.05, 0.1) is 5.69 Å². The molecule has 4 fully saturated rings. The minimum Gasteiger partial charge on any atom is -0.456 e. The van der Waals surface area contributed by atoms with E-state index in [-0.39, 0.29) is 5.41 Å². The molecule has 270 valence electrons. The van der Waals surface area contributed by atoms with Crippen molar-refractivity contribution in [3.63, 3.8) is 0 Å². The third-order valence-corrected chi connectivity index (χ3v) is 15.7. The number of para-hydroxylation sites is 2. The second-order valence-corrected chi connectivity index (χ2v) is 17.6. The Hall–Kier alpha value is -6.38. The number of furan rings is 1. The summed E-state index contributed by atoms with van der Waals surface area (Å²) in [5, 5.41) is 4.80. The molecule has 0 aliphatic heterocycles. The van der Waals surface area contributed by atoms with Gasteiger partial charge in [-0.05, 0) is 141 Å². The summed E-state index contributed by atoms with van der Waals surface area (Å²) in [7, 11) is 0. The van der Waals surface area contributed by atoms with Crippen LogP contribution in [0.2, 0.25) is 0 Å². The van der Waals surface area contributed by atoms with Crippen molar-refractivity contribution in [3.8, 4) is 33.4 Å². The van der Waals surface area contributed by atoms with E-state index in [0.29, 0.717) is 5.41 Å². The second-order valence-electron chi connectivity index (χ2n) is 17.6. The Morgan fingerprint density at radius 1 is 0.456 bits per heavy atom. The topological polar surface area (TPSA) is 16.4 Å². The van der Waals surface area contributed by atoms with Gasteiger partial charge in [-0.25, -0.2) is 0 Å². The first kappa shape index (κ1) is 30.8. The lowest BCUT2D eigenvalue weighted by molar-refractivity contribution is -0.412. The van der Waals surface area contributed by atoms with Crippen LogP contribution in [0.4, 0.5) is 17.1 Å². The van der Waals surface area contributed by atoms with E-state index in [1.807, 2.05) is 0 Å². The molecule has 0 amide bonds. The Morgan fingerprint density at radius 2 is 1.11 bits per heavy atom. The van der Waals surface area contributed by atoms with Crippen LogP contribution in [0.1, 0.15) is 30.4 Å². The first-order chi connectivity index (χ1) is 28.2. The fraction of sp³-hybridized carbons (Fsp3) is 0.164. The lowest BCUT2D eigenvalue weighted by Gasteiger charge is -2.92. The van der Waals surface area contributed by atoms with Crippen LogP contribution < -0.4 is 4.90 Å². The van der Waals surface area contributed by atoms with E-state index in [9.17, 15) is 0 Å². The van der Waals surface area contributed by atoms with Gasteiger partial charge in [0.25, 0.3) is 0 Å². The minimum atomic E-state index is 0.130. The van der Waals surface area contributed by atoms with Crippen molar-refractivity contribution < 1.29 is 4.42 Å². The van der Waals surface area contributed by atoms with Crippen LogP contribution >= 0.6 is 0 Å². The standard InChI is InChI=1S/C55H39NO/c1-2-12-33(13-3-1)39-19-10-14-34-15-11-20-44(53(34)39)42-17-5-8-22-48(42)56(37-25-27-50-45(31-37)43-18-6-9-23-49(43)57-50)38-24-26-41-40-16-4-7-21-46(40)55(47(41)32-38)51-29-35-28-36-30-52(55)54(35,36)51/h1-27,31-32,35-36,51-52H,28-30H2. The zero-order valence-electron chi connectivity index (χ0n) is 31.5. The summed E-state index contributed by atoms with van der Waals surface area (Å²) >= 11 is 0. The maximum atomic E-state index is 6.39. The Labute approximate surface area is 332 Å². The van der Waals surface area contributed by atoms with Gasteiger partial charge in [-0.2, -0.15) is 0 Å². The van der Waals surface area contributed by atoms with Crippen LogP contribution in [-0.4, -0.2) is 0 Å². The molecule has 8 aromatic carbocycles. The van der Waals surface area contributed by atoms with E-state index < -0.39 is 0 Å². The van der Waals surface area contributed by atoms with Crippen LogP contribution in [-0.2, 0) is 5.41 Å². The van der Waals surface area contributed by atoms with Crippen molar-refractivity contribution in [2.75, 3.05) is 4.90 Å². The summed E-state index contributed by atoms with van der Waals surface area (Å²) < 4.78 is 6.39. The van der Waals surface area contributed by atoms with Crippen LogP contribution in [0.3, 0.4) is 0 Å².